The van der Waals surface area contributed by atoms with Crippen molar-refractivity contribution in [3.63, 3.8) is 0 Å². The van der Waals surface area contributed by atoms with Crippen molar-refractivity contribution in [2.24, 2.45) is 0 Å². The van der Waals surface area contributed by atoms with Crippen LogP contribution in [0.15, 0.2) is 36.6 Å². The number of likely N-dealkylation sites (N-methyl/N-ethyl adjacent to an activating group) is 1. The molecule has 1 nitrogen and oxygen atoms in total. The number of hydrogen-bond acceptors (Lipinski definition) is 1. The Labute approximate surface area is 62.3 Å². The van der Waals surface area contributed by atoms with E-state index >= 15 is 0 Å². The minimum absolute atomic E-state index is 1.01. The lowest BCUT2D eigenvalue weighted by atomic mass is 9.99. The Hall–Kier alpha value is -0.980. The molecule has 0 aromatic rings. The van der Waals surface area contributed by atoms with Gasteiger partial charge < -0.3 is 4.90 Å². The van der Waals surface area contributed by atoms with Gasteiger partial charge in [-0.15, -0.1) is 0 Å². The quantitative estimate of drug-likeness (QED) is 0.490. The summed E-state index contributed by atoms with van der Waals surface area (Å²) in [6, 6.07) is 0. The van der Waals surface area contributed by atoms with Gasteiger partial charge in [-0.3, -0.25) is 0 Å². The fourth-order valence-corrected chi connectivity index (χ4v) is 1.02. The van der Waals surface area contributed by atoms with Gasteiger partial charge in [-0.05, 0) is 17.6 Å². The number of nitrogens with zero attached hydrogens (tertiary/aromatic N) is 1. The molecule has 0 saturated carbocycles. The zero-order chi connectivity index (χ0) is 7.72. The molecule has 0 aromatic heterocycles. The summed E-state index contributed by atoms with van der Waals surface area (Å²) in [7, 11) is 2.03. The van der Waals surface area contributed by atoms with Crippen LogP contribution in [0.5, 0.6) is 0 Å². The lowest BCUT2D eigenvalue weighted by Crippen LogP contribution is -2.25. The van der Waals surface area contributed by atoms with E-state index in [0.717, 1.165) is 29.8 Å². The lowest BCUT2D eigenvalue weighted by Gasteiger charge is -2.29. The van der Waals surface area contributed by atoms with Crippen LogP contribution in [0, 0.1) is 0 Å². The molecule has 54 valence electrons. The predicted octanol–water partition coefficient (Wildman–Crippen LogP) is 1.95. The molecule has 1 rings (SSSR count). The normalized spacial score (nSPS) is 20.1. The van der Waals surface area contributed by atoms with Crippen LogP contribution in [0.25, 0.3) is 0 Å². The van der Waals surface area contributed by atoms with Gasteiger partial charge in [0, 0.05) is 19.3 Å². The molecule has 1 aliphatic heterocycles. The zero-order valence-electron chi connectivity index (χ0n) is 6.48. The molecule has 1 heterocycles. The molecule has 1 heteroatoms. The molecule has 1 saturated heterocycles. The molecule has 1 aliphatic rings. The molecule has 0 aromatic carbocycles. The minimum atomic E-state index is 1.01. The second-order valence-corrected chi connectivity index (χ2v) is 2.70. The van der Waals surface area contributed by atoms with Gasteiger partial charge in [0.05, 0.1) is 0 Å². The lowest BCUT2D eigenvalue weighted by molar-refractivity contribution is 0.414. The topological polar surface area (TPSA) is 3.24 Å². The average molecular weight is 135 g/mol. The average Bonchev–Trinajstić information content (AvgIpc) is 1.93. The minimum Gasteiger partial charge on any atom is -0.374 e. The summed E-state index contributed by atoms with van der Waals surface area (Å²) in [6.07, 6.45) is 1.02. The first-order chi connectivity index (χ1) is 4.63. The molecule has 10 heavy (non-hydrogen) atoms. The Morgan fingerprint density at radius 1 is 1.30 bits per heavy atom. The zero-order valence-corrected chi connectivity index (χ0v) is 6.48. The number of rotatable bonds is 0. The summed E-state index contributed by atoms with van der Waals surface area (Å²) < 4.78 is 0. The molecule has 0 unspecified atom stereocenters. The third kappa shape index (κ3) is 0.991. The maximum Gasteiger partial charge on any atom is 0.0360 e. The van der Waals surface area contributed by atoms with E-state index in [1.165, 1.54) is 0 Å². The maximum atomic E-state index is 3.89. The van der Waals surface area contributed by atoms with Crippen LogP contribution in [-0.2, 0) is 0 Å². The monoisotopic (exact) mass is 135 g/mol. The van der Waals surface area contributed by atoms with Crippen LogP contribution in [0.2, 0.25) is 0 Å². The van der Waals surface area contributed by atoms with Crippen molar-refractivity contribution in [3.05, 3.63) is 36.6 Å². The van der Waals surface area contributed by atoms with Crippen LogP contribution in [0.1, 0.15) is 6.42 Å². The smallest absolute Gasteiger partial charge is 0.0360 e. The predicted molar refractivity (Wildman–Crippen MR) is 44.7 cm³/mol. The Balaban J connectivity index is 2.80. The number of allylic oxidation sites excluding steroid dienone is 1. The molecule has 0 atom stereocenters. The first kappa shape index (κ1) is 7.13. The Bertz CT molecular complexity index is 201. The van der Waals surface area contributed by atoms with Gasteiger partial charge in [-0.25, -0.2) is 0 Å². The van der Waals surface area contributed by atoms with Crippen molar-refractivity contribution >= 4 is 0 Å². The Morgan fingerprint density at radius 3 is 2.40 bits per heavy atom. The summed E-state index contributed by atoms with van der Waals surface area (Å²) in [6.45, 7) is 12.7. The highest BCUT2D eigenvalue weighted by atomic mass is 15.1. The van der Waals surface area contributed by atoms with Crippen LogP contribution < -0.4 is 0 Å². The van der Waals surface area contributed by atoms with Crippen LogP contribution >= 0.6 is 0 Å². The van der Waals surface area contributed by atoms with Gasteiger partial charge in [0.15, 0.2) is 0 Å². The highest BCUT2D eigenvalue weighted by Gasteiger charge is 2.14. The summed E-state index contributed by atoms with van der Waals surface area (Å²) in [4.78, 5) is 2.11. The molecule has 1 fully saturated rings. The van der Waals surface area contributed by atoms with Crippen molar-refractivity contribution in [2.45, 2.75) is 6.42 Å². The van der Waals surface area contributed by atoms with Crippen LogP contribution in [-0.4, -0.2) is 18.5 Å². The standard InChI is InChI=1S/C9H13N/c1-7-5-6-10(4)9(3)8(7)2/h1-3,5-6H2,4H3. The molecule has 0 amide bonds. The van der Waals surface area contributed by atoms with Crippen molar-refractivity contribution in [1.29, 1.82) is 0 Å². The Kier molecular flexibility index (Phi) is 1.66. The van der Waals surface area contributed by atoms with Gasteiger partial charge in [-0.1, -0.05) is 19.7 Å². The second-order valence-electron chi connectivity index (χ2n) is 2.70. The highest BCUT2D eigenvalue weighted by Crippen LogP contribution is 2.25. The molecule has 0 aliphatic carbocycles. The second kappa shape index (κ2) is 2.33. The van der Waals surface area contributed by atoms with E-state index in [1.807, 2.05) is 7.05 Å². The fraction of sp³-hybridized carbons (Fsp3) is 0.333. The van der Waals surface area contributed by atoms with E-state index in [0.29, 0.717) is 0 Å². The van der Waals surface area contributed by atoms with E-state index in [1.54, 1.807) is 0 Å². The summed E-state index contributed by atoms with van der Waals surface area (Å²) >= 11 is 0. The van der Waals surface area contributed by atoms with Crippen molar-refractivity contribution in [3.8, 4) is 0 Å². The molecule has 0 N–H and O–H groups in total. The summed E-state index contributed by atoms with van der Waals surface area (Å²) in [5.74, 6) is 0. The van der Waals surface area contributed by atoms with Crippen molar-refractivity contribution < 1.29 is 0 Å². The summed E-state index contributed by atoms with van der Waals surface area (Å²) in [5.41, 5.74) is 3.15. The largest absolute Gasteiger partial charge is 0.374 e. The highest BCUT2D eigenvalue weighted by molar-refractivity contribution is 5.43. The first-order valence-electron chi connectivity index (χ1n) is 3.40. The Morgan fingerprint density at radius 2 is 1.90 bits per heavy atom. The molecular formula is C9H13N. The van der Waals surface area contributed by atoms with E-state index in [4.69, 9.17) is 0 Å². The van der Waals surface area contributed by atoms with Gasteiger partial charge in [0.2, 0.25) is 0 Å². The molecule has 0 spiro atoms. The number of hydrogen-bond donors (Lipinski definition) is 0. The van der Waals surface area contributed by atoms with E-state index in [9.17, 15) is 0 Å². The van der Waals surface area contributed by atoms with E-state index in [-0.39, 0.29) is 0 Å². The third-order valence-corrected chi connectivity index (χ3v) is 1.98. The fourth-order valence-electron chi connectivity index (χ4n) is 1.02. The van der Waals surface area contributed by atoms with E-state index in [2.05, 4.69) is 24.6 Å². The molecule has 0 bridgehead atoms. The SMILES string of the molecule is C=C1CCN(C)C(=C)C1=C. The van der Waals surface area contributed by atoms with Gasteiger partial charge >= 0.3 is 0 Å². The van der Waals surface area contributed by atoms with Gasteiger partial charge in [0.1, 0.15) is 0 Å². The van der Waals surface area contributed by atoms with E-state index < -0.39 is 0 Å². The van der Waals surface area contributed by atoms with Crippen LogP contribution in [0.4, 0.5) is 0 Å². The van der Waals surface area contributed by atoms with Crippen LogP contribution in [0.3, 0.4) is 0 Å². The maximum absolute atomic E-state index is 3.89. The first-order valence-corrected chi connectivity index (χ1v) is 3.40. The van der Waals surface area contributed by atoms with Crippen molar-refractivity contribution in [2.75, 3.05) is 13.6 Å². The number of likely N-dealkylation sites (tertiary alicyclic amines) is 1. The van der Waals surface area contributed by atoms with Crippen molar-refractivity contribution in [1.82, 2.24) is 4.90 Å². The molecule has 0 radical (unpaired) electrons. The third-order valence-electron chi connectivity index (χ3n) is 1.98. The van der Waals surface area contributed by atoms with Gasteiger partial charge in [-0.2, -0.15) is 0 Å². The van der Waals surface area contributed by atoms with Gasteiger partial charge in [0.25, 0.3) is 0 Å². The molecular weight excluding hydrogens is 122 g/mol. The number of piperidine rings is 1. The summed E-state index contributed by atoms with van der Waals surface area (Å²) in [5, 5.41) is 0.